The van der Waals surface area contributed by atoms with Crippen molar-refractivity contribution in [2.75, 3.05) is 31.2 Å². The van der Waals surface area contributed by atoms with E-state index in [-0.39, 0.29) is 43.6 Å². The first-order valence-electron chi connectivity index (χ1n) is 6.10. The predicted molar refractivity (Wildman–Crippen MR) is 70.9 cm³/mol. The van der Waals surface area contributed by atoms with Gasteiger partial charge in [-0.2, -0.15) is 0 Å². The van der Waals surface area contributed by atoms with Crippen molar-refractivity contribution in [2.45, 2.75) is 11.8 Å². The van der Waals surface area contributed by atoms with Gasteiger partial charge < -0.3 is 9.64 Å². The molecule has 1 heterocycles. The molecule has 0 bridgehead atoms. The molecule has 1 fully saturated rings. The van der Waals surface area contributed by atoms with E-state index < -0.39 is 20.9 Å². The summed E-state index contributed by atoms with van der Waals surface area (Å²) >= 11 is 0. The molecule has 3 nitrogen and oxygen atoms in total. The van der Waals surface area contributed by atoms with Crippen molar-refractivity contribution >= 4 is 21.7 Å². The summed E-state index contributed by atoms with van der Waals surface area (Å²) in [4.78, 5) is 10.8. The average molecular weight is 331 g/mol. The summed E-state index contributed by atoms with van der Waals surface area (Å²) in [5.74, 6) is -0.701. The van der Waals surface area contributed by atoms with Gasteiger partial charge in [-0.05, 0) is 25.1 Å². The molecule has 0 aliphatic carbocycles. The van der Waals surface area contributed by atoms with Gasteiger partial charge in [0.05, 0.1) is 13.2 Å². The molecule has 0 atom stereocenters. The molecule has 0 radical (unpaired) electrons. The van der Waals surface area contributed by atoms with Crippen molar-refractivity contribution in [3.05, 3.63) is 23.8 Å². The lowest BCUT2D eigenvalue weighted by Crippen LogP contribution is -2.36. The van der Waals surface area contributed by atoms with E-state index in [4.69, 9.17) is 4.74 Å². The summed E-state index contributed by atoms with van der Waals surface area (Å²) in [5, 5.41) is 0. The van der Waals surface area contributed by atoms with Crippen LogP contribution in [0, 0.1) is 0 Å². The lowest BCUT2D eigenvalue weighted by Gasteiger charge is -2.41. The number of Topliss-reactive ketones (excluding diaryl/α,β-unsaturated/α-hetero) is 1. The normalized spacial score (nSPS) is 19.8. The van der Waals surface area contributed by atoms with Crippen molar-refractivity contribution in [3.63, 3.8) is 0 Å². The number of benzene rings is 1. The molecule has 21 heavy (non-hydrogen) atoms. The van der Waals surface area contributed by atoms with E-state index in [1.165, 1.54) is 11.0 Å². The van der Waals surface area contributed by atoms with Gasteiger partial charge in [-0.3, -0.25) is 4.79 Å². The van der Waals surface area contributed by atoms with Crippen LogP contribution in [-0.2, 0) is 4.74 Å². The Hall–Kier alpha value is -1.35. The fraction of sp³-hybridized carbons (Fsp3) is 0.417. The second-order valence-electron chi connectivity index (χ2n) is 4.84. The lowest BCUT2D eigenvalue weighted by molar-refractivity contribution is 0.101. The van der Waals surface area contributed by atoms with Gasteiger partial charge in [-0.1, -0.05) is 19.4 Å². The smallest absolute Gasteiger partial charge is 0.310 e. The minimum absolute atomic E-state index is 0.0470. The highest BCUT2D eigenvalue weighted by Crippen LogP contribution is 3.02. The third-order valence-corrected chi connectivity index (χ3v) is 4.25. The zero-order chi connectivity index (χ0) is 16.0. The van der Waals surface area contributed by atoms with E-state index >= 15 is 0 Å². The van der Waals surface area contributed by atoms with Gasteiger partial charge in [0.25, 0.3) is 0 Å². The van der Waals surface area contributed by atoms with Gasteiger partial charge in [0.1, 0.15) is 4.90 Å². The number of anilines is 1. The van der Waals surface area contributed by atoms with Crippen molar-refractivity contribution in [3.8, 4) is 0 Å². The number of ketones is 1. The molecule has 0 aromatic heterocycles. The highest BCUT2D eigenvalue weighted by molar-refractivity contribution is 8.45. The molecular formula is C12H14F5NO2S. The minimum atomic E-state index is -9.83. The van der Waals surface area contributed by atoms with Gasteiger partial charge in [0, 0.05) is 24.3 Å². The van der Waals surface area contributed by atoms with E-state index in [1.807, 2.05) is 0 Å². The molecule has 1 saturated heterocycles. The standard InChI is InChI=1S/C12H14F5NO2S/c1-9(19)10-6-11(18-2-4-20-5-3-18)8-12(7-10)21(13,14,15,16)17/h6-8H,2-5H2,1H3. The van der Waals surface area contributed by atoms with Gasteiger partial charge in [-0.15, -0.1) is 0 Å². The maximum atomic E-state index is 13.0. The molecular weight excluding hydrogens is 317 g/mol. The number of nitrogens with zero attached hydrogens (tertiary/aromatic N) is 1. The zero-order valence-corrected chi connectivity index (χ0v) is 11.9. The van der Waals surface area contributed by atoms with Crippen LogP contribution in [0.25, 0.3) is 0 Å². The zero-order valence-electron chi connectivity index (χ0n) is 11.1. The maximum absolute atomic E-state index is 13.0. The fourth-order valence-electron chi connectivity index (χ4n) is 2.01. The van der Waals surface area contributed by atoms with Crippen LogP contribution in [0.1, 0.15) is 17.3 Å². The Morgan fingerprint density at radius 1 is 1.10 bits per heavy atom. The number of ether oxygens (including phenoxy) is 1. The topological polar surface area (TPSA) is 29.5 Å². The van der Waals surface area contributed by atoms with Crippen molar-refractivity contribution in [1.29, 1.82) is 0 Å². The molecule has 1 aromatic rings. The molecule has 0 amide bonds. The van der Waals surface area contributed by atoms with E-state index in [0.29, 0.717) is 6.07 Å². The Morgan fingerprint density at radius 2 is 1.67 bits per heavy atom. The van der Waals surface area contributed by atoms with Crippen LogP contribution < -0.4 is 4.90 Å². The molecule has 0 saturated carbocycles. The minimum Gasteiger partial charge on any atom is -0.378 e. The van der Waals surface area contributed by atoms with Gasteiger partial charge in [0.2, 0.25) is 0 Å². The summed E-state index contributed by atoms with van der Waals surface area (Å²) in [6, 6.07) is 1.81. The summed E-state index contributed by atoms with van der Waals surface area (Å²) in [5.41, 5.74) is -0.434. The fourth-order valence-corrected chi connectivity index (χ4v) is 2.71. The van der Waals surface area contributed by atoms with Crippen LogP contribution in [-0.4, -0.2) is 32.1 Å². The predicted octanol–water partition coefficient (Wildman–Crippen LogP) is 4.38. The lowest BCUT2D eigenvalue weighted by atomic mass is 10.1. The first kappa shape index (κ1) is 16.0. The number of hydrogen-bond donors (Lipinski definition) is 0. The molecule has 1 aromatic carbocycles. The SMILES string of the molecule is CC(=O)c1cc(N2CCOCC2)cc(S(F)(F)(F)(F)F)c1. The maximum Gasteiger partial charge on any atom is 0.310 e. The number of rotatable bonds is 3. The molecule has 0 N–H and O–H groups in total. The van der Waals surface area contributed by atoms with Crippen LogP contribution >= 0.6 is 10.2 Å². The molecule has 0 spiro atoms. The van der Waals surface area contributed by atoms with Gasteiger partial charge in [-0.25, -0.2) is 0 Å². The van der Waals surface area contributed by atoms with Crippen molar-refractivity contribution < 1.29 is 29.0 Å². The Kier molecular flexibility index (Phi) is 3.30. The molecule has 120 valence electrons. The molecule has 2 rings (SSSR count). The summed E-state index contributed by atoms with van der Waals surface area (Å²) in [6.07, 6.45) is 0. The Morgan fingerprint density at radius 3 is 2.14 bits per heavy atom. The van der Waals surface area contributed by atoms with Crippen molar-refractivity contribution in [2.24, 2.45) is 0 Å². The number of carbonyl (C=O) groups excluding carboxylic acids is 1. The highest BCUT2D eigenvalue weighted by atomic mass is 32.5. The van der Waals surface area contributed by atoms with Crippen LogP contribution in [0.3, 0.4) is 0 Å². The Labute approximate surface area is 118 Å². The van der Waals surface area contributed by atoms with Gasteiger partial charge in [0.15, 0.2) is 5.78 Å². The molecule has 0 unspecified atom stereocenters. The molecule has 1 aliphatic rings. The Bertz CT molecular complexity index is 581. The second-order valence-corrected chi connectivity index (χ2v) is 7.25. The monoisotopic (exact) mass is 331 g/mol. The van der Waals surface area contributed by atoms with E-state index in [1.54, 1.807) is 0 Å². The number of halogens is 5. The van der Waals surface area contributed by atoms with Crippen molar-refractivity contribution in [1.82, 2.24) is 0 Å². The number of carbonyl (C=O) groups is 1. The summed E-state index contributed by atoms with van der Waals surface area (Å²) in [7, 11) is -9.83. The first-order valence-corrected chi connectivity index (χ1v) is 8.05. The van der Waals surface area contributed by atoms with Crippen LogP contribution in [0.2, 0.25) is 0 Å². The van der Waals surface area contributed by atoms with Crippen LogP contribution in [0.4, 0.5) is 25.1 Å². The van der Waals surface area contributed by atoms with Crippen LogP contribution in [0.5, 0.6) is 0 Å². The van der Waals surface area contributed by atoms with Crippen LogP contribution in [0.15, 0.2) is 23.1 Å². The summed E-state index contributed by atoms with van der Waals surface area (Å²) < 4.78 is 70.0. The largest absolute Gasteiger partial charge is 0.378 e. The van der Waals surface area contributed by atoms with E-state index in [0.717, 1.165) is 6.92 Å². The van der Waals surface area contributed by atoms with Gasteiger partial charge >= 0.3 is 10.2 Å². The average Bonchev–Trinajstić information content (AvgIpc) is 2.36. The number of morpholine rings is 1. The quantitative estimate of drug-likeness (QED) is 0.608. The molecule has 9 heteroatoms. The third-order valence-electron chi connectivity index (χ3n) is 3.12. The Balaban J connectivity index is 2.57. The second kappa shape index (κ2) is 4.33. The summed E-state index contributed by atoms with van der Waals surface area (Å²) in [6.45, 7) is 2.17. The van der Waals surface area contributed by atoms with E-state index in [2.05, 4.69) is 0 Å². The first-order chi connectivity index (χ1) is 9.36. The molecule has 1 aliphatic heterocycles. The number of hydrogen-bond acceptors (Lipinski definition) is 3. The third kappa shape index (κ3) is 3.85. The van der Waals surface area contributed by atoms with E-state index in [9.17, 15) is 24.2 Å². The highest BCUT2D eigenvalue weighted by Gasteiger charge is 2.65.